The Bertz CT molecular complexity index is 2980. The van der Waals surface area contributed by atoms with Gasteiger partial charge >= 0.3 is 0 Å². The van der Waals surface area contributed by atoms with Gasteiger partial charge < -0.3 is 18.2 Å². The smallest absolute Gasteiger partial charge is 0.161 e. The van der Waals surface area contributed by atoms with Gasteiger partial charge in [0, 0.05) is 51.1 Å². The zero-order valence-electron chi connectivity index (χ0n) is 27.7. The Balaban J connectivity index is 1.06. The zero-order chi connectivity index (χ0) is 34.2. The second kappa shape index (κ2) is 11.2. The van der Waals surface area contributed by atoms with Gasteiger partial charge in [-0.1, -0.05) is 72.8 Å². The van der Waals surface area contributed by atoms with Crippen LogP contribution in [0.3, 0.4) is 0 Å². The van der Waals surface area contributed by atoms with E-state index in [9.17, 15) is 0 Å². The molecule has 5 heterocycles. The number of aromatic nitrogens is 2. The summed E-state index contributed by atoms with van der Waals surface area (Å²) in [4.78, 5) is 11.6. The molecule has 6 aromatic carbocycles. The van der Waals surface area contributed by atoms with Crippen LogP contribution in [0.25, 0.3) is 88.3 Å². The average Bonchev–Trinajstić information content (AvgIpc) is 3.90. The molecule has 0 atom stereocenters. The van der Waals surface area contributed by atoms with Crippen LogP contribution in [0.5, 0.6) is 0 Å². The first-order chi connectivity index (χ1) is 25.8. The van der Waals surface area contributed by atoms with E-state index in [-0.39, 0.29) is 0 Å². The Kier molecular flexibility index (Phi) is 6.15. The Hall–Kier alpha value is -7.18. The number of hydrogen-bond donors (Lipinski definition) is 0. The molecular weight excluding hydrogens is 643 g/mol. The predicted molar refractivity (Wildman–Crippen MR) is 209 cm³/mol. The van der Waals surface area contributed by atoms with Crippen molar-refractivity contribution in [2.45, 2.75) is 0 Å². The van der Waals surface area contributed by atoms with Crippen molar-refractivity contribution < 1.29 is 13.3 Å². The van der Waals surface area contributed by atoms with E-state index in [0.717, 1.165) is 105 Å². The fraction of sp³-hybridized carbons (Fsp3) is 0. The molecule has 0 spiro atoms. The maximum atomic E-state index is 6.34. The molecule has 6 nitrogen and oxygen atoms in total. The number of pyridine rings is 2. The van der Waals surface area contributed by atoms with Crippen LogP contribution in [0, 0.1) is 0 Å². The lowest BCUT2D eigenvalue weighted by atomic mass is 10.0. The minimum absolute atomic E-state index is 0.785. The van der Waals surface area contributed by atoms with E-state index in [2.05, 4.69) is 99.8 Å². The highest BCUT2D eigenvalue weighted by Gasteiger charge is 2.21. The summed E-state index contributed by atoms with van der Waals surface area (Å²) >= 11 is 0. The van der Waals surface area contributed by atoms with Crippen LogP contribution in [0.4, 0.5) is 17.1 Å². The van der Waals surface area contributed by atoms with E-state index in [1.54, 1.807) is 0 Å². The third kappa shape index (κ3) is 4.31. The Morgan fingerprint density at radius 2 is 0.846 bits per heavy atom. The van der Waals surface area contributed by atoms with E-state index >= 15 is 0 Å². The number of benzene rings is 6. The molecule has 11 rings (SSSR count). The standard InChI is InChI=1S/C46H27N3O3/c1-4-12-38-34(8-1)42-37(11-7-15-41(42)50-38)49(30-20-16-28(17-21-30)32-24-26-47-43-35-9-2-5-13-39(35)51-45(32)43)31-22-18-29(19-23-31)33-25-27-48-44-36-10-3-6-14-40(36)52-46(33)44/h1-27H. The number of anilines is 3. The highest BCUT2D eigenvalue weighted by Crippen LogP contribution is 2.44. The number of para-hydroxylation sites is 3. The van der Waals surface area contributed by atoms with Gasteiger partial charge in [-0.25, -0.2) is 0 Å². The molecule has 0 bridgehead atoms. The van der Waals surface area contributed by atoms with E-state index in [4.69, 9.17) is 13.3 Å². The monoisotopic (exact) mass is 669 g/mol. The molecule has 0 unspecified atom stereocenters. The second-order valence-electron chi connectivity index (χ2n) is 12.9. The molecule has 6 heteroatoms. The molecule has 244 valence electrons. The van der Waals surface area contributed by atoms with Crippen molar-refractivity contribution in [1.29, 1.82) is 0 Å². The topological polar surface area (TPSA) is 68.4 Å². The molecule has 0 aliphatic carbocycles. The molecule has 0 aliphatic heterocycles. The van der Waals surface area contributed by atoms with Gasteiger partial charge in [-0.05, 0) is 90.0 Å². The minimum Gasteiger partial charge on any atom is -0.456 e. The van der Waals surface area contributed by atoms with Gasteiger partial charge in [0.25, 0.3) is 0 Å². The molecule has 52 heavy (non-hydrogen) atoms. The molecule has 0 amide bonds. The van der Waals surface area contributed by atoms with Gasteiger partial charge in [0.15, 0.2) is 11.2 Å². The number of nitrogens with zero attached hydrogens (tertiary/aromatic N) is 3. The highest BCUT2D eigenvalue weighted by atomic mass is 16.3. The second-order valence-corrected chi connectivity index (χ2v) is 12.9. The fourth-order valence-corrected chi connectivity index (χ4v) is 7.61. The molecule has 5 aromatic heterocycles. The van der Waals surface area contributed by atoms with Crippen LogP contribution in [0.1, 0.15) is 0 Å². The Labute approximate surface area is 296 Å². The summed E-state index contributed by atoms with van der Waals surface area (Å²) in [6.45, 7) is 0. The summed E-state index contributed by atoms with van der Waals surface area (Å²) in [5.74, 6) is 0. The highest BCUT2D eigenvalue weighted by molar-refractivity contribution is 6.14. The number of fused-ring (bicyclic) bond motifs is 9. The van der Waals surface area contributed by atoms with Gasteiger partial charge in [0.2, 0.25) is 0 Å². The van der Waals surface area contributed by atoms with Crippen LogP contribution < -0.4 is 4.90 Å². The molecule has 0 aliphatic rings. The first-order valence-corrected chi connectivity index (χ1v) is 17.2. The number of furan rings is 3. The lowest BCUT2D eigenvalue weighted by Gasteiger charge is -2.26. The van der Waals surface area contributed by atoms with E-state index in [1.165, 1.54) is 0 Å². The summed E-state index contributed by atoms with van der Waals surface area (Å²) < 4.78 is 19.0. The van der Waals surface area contributed by atoms with Gasteiger partial charge in [0.05, 0.1) is 11.1 Å². The van der Waals surface area contributed by atoms with Crippen LogP contribution in [0.2, 0.25) is 0 Å². The maximum Gasteiger partial charge on any atom is 0.161 e. The summed E-state index contributed by atoms with van der Waals surface area (Å²) in [6, 6.07) is 51.9. The van der Waals surface area contributed by atoms with Crippen LogP contribution in [-0.4, -0.2) is 9.97 Å². The third-order valence-electron chi connectivity index (χ3n) is 10.0. The number of rotatable bonds is 5. The lowest BCUT2D eigenvalue weighted by molar-refractivity contribution is 0.668. The molecule has 0 saturated heterocycles. The Morgan fingerprint density at radius 3 is 1.38 bits per heavy atom. The van der Waals surface area contributed by atoms with Crippen LogP contribution >= 0.6 is 0 Å². The molecular formula is C46H27N3O3. The number of hydrogen-bond acceptors (Lipinski definition) is 6. The summed E-state index contributed by atoms with van der Waals surface area (Å²) in [5.41, 5.74) is 13.8. The fourth-order valence-electron chi connectivity index (χ4n) is 7.61. The van der Waals surface area contributed by atoms with Crippen molar-refractivity contribution in [3.8, 4) is 22.3 Å². The third-order valence-corrected chi connectivity index (χ3v) is 10.0. The maximum absolute atomic E-state index is 6.34. The zero-order valence-corrected chi connectivity index (χ0v) is 27.7. The average molecular weight is 670 g/mol. The largest absolute Gasteiger partial charge is 0.456 e. The van der Waals surface area contributed by atoms with Crippen molar-refractivity contribution in [3.63, 3.8) is 0 Å². The summed E-state index contributed by atoms with van der Waals surface area (Å²) in [7, 11) is 0. The first kappa shape index (κ1) is 28.6. The first-order valence-electron chi connectivity index (χ1n) is 17.2. The quantitative estimate of drug-likeness (QED) is 0.182. The summed E-state index contributed by atoms with van der Waals surface area (Å²) in [6.07, 6.45) is 3.71. The molecule has 0 saturated carbocycles. The normalized spacial score (nSPS) is 11.8. The molecule has 0 fully saturated rings. The van der Waals surface area contributed by atoms with Gasteiger partial charge in [-0.15, -0.1) is 0 Å². The van der Waals surface area contributed by atoms with Crippen LogP contribution in [-0.2, 0) is 0 Å². The lowest BCUT2D eigenvalue weighted by Crippen LogP contribution is -2.10. The van der Waals surface area contributed by atoms with Gasteiger partial charge in [-0.2, -0.15) is 0 Å². The van der Waals surface area contributed by atoms with Crippen molar-refractivity contribution in [3.05, 3.63) is 164 Å². The SMILES string of the molecule is c1ccc2c(c1)oc1c(-c3ccc(N(c4ccc(-c5ccnc6c5oc5ccccc56)cc4)c4cccc5oc6ccccc6c45)cc3)ccnc12. The van der Waals surface area contributed by atoms with Crippen molar-refractivity contribution in [2.24, 2.45) is 0 Å². The van der Waals surface area contributed by atoms with E-state index < -0.39 is 0 Å². The van der Waals surface area contributed by atoms with E-state index in [0.29, 0.717) is 0 Å². The van der Waals surface area contributed by atoms with Crippen LogP contribution in [0.15, 0.2) is 177 Å². The Morgan fingerprint density at radius 1 is 0.385 bits per heavy atom. The van der Waals surface area contributed by atoms with Crippen molar-refractivity contribution >= 4 is 83.1 Å². The van der Waals surface area contributed by atoms with Gasteiger partial charge in [0.1, 0.15) is 33.4 Å². The summed E-state index contributed by atoms with van der Waals surface area (Å²) in [5, 5.41) is 4.15. The van der Waals surface area contributed by atoms with Gasteiger partial charge in [-0.3, -0.25) is 9.97 Å². The van der Waals surface area contributed by atoms with E-state index in [1.807, 2.05) is 79.1 Å². The molecule has 11 aromatic rings. The molecule has 0 radical (unpaired) electrons. The van der Waals surface area contributed by atoms with Crippen molar-refractivity contribution in [2.75, 3.05) is 4.90 Å². The van der Waals surface area contributed by atoms with Crippen molar-refractivity contribution in [1.82, 2.24) is 9.97 Å². The predicted octanol–water partition coefficient (Wildman–Crippen LogP) is 13.0. The minimum atomic E-state index is 0.785. The molecule has 0 N–H and O–H groups in total.